The molecule has 0 bridgehead atoms. The maximum atomic E-state index is 13.4. The van der Waals surface area contributed by atoms with Crippen LogP contribution in [0.25, 0.3) is 0 Å². The van der Waals surface area contributed by atoms with E-state index < -0.39 is 23.6 Å². The van der Waals surface area contributed by atoms with Crippen molar-refractivity contribution in [1.82, 2.24) is 9.78 Å². The Morgan fingerprint density at radius 1 is 1.41 bits per heavy atom. The molecule has 1 heterocycles. The van der Waals surface area contributed by atoms with Crippen LogP contribution in [0.2, 0.25) is 5.02 Å². The minimum atomic E-state index is -1.12. The van der Waals surface area contributed by atoms with Crippen LogP contribution in [-0.4, -0.2) is 26.6 Å². The number of halogens is 2. The monoisotopic (exact) mass is 326 g/mol. The van der Waals surface area contributed by atoms with Crippen molar-refractivity contribution in [3.8, 4) is 0 Å². The Morgan fingerprint density at radius 2 is 2.09 bits per heavy atom. The van der Waals surface area contributed by atoms with E-state index in [-0.39, 0.29) is 5.02 Å². The Balaban J connectivity index is 2.20. The molecule has 0 amide bonds. The van der Waals surface area contributed by atoms with Crippen LogP contribution in [0.5, 0.6) is 0 Å². The van der Waals surface area contributed by atoms with Crippen LogP contribution in [-0.2, 0) is 4.74 Å². The van der Waals surface area contributed by atoms with Crippen molar-refractivity contribution in [3.05, 3.63) is 52.6 Å². The number of benzene rings is 1. The van der Waals surface area contributed by atoms with E-state index in [1.807, 2.05) is 0 Å². The molecule has 0 fully saturated rings. The average molecular weight is 327 g/mol. The van der Waals surface area contributed by atoms with Gasteiger partial charge in [-0.25, -0.2) is 9.18 Å². The third-order valence-electron chi connectivity index (χ3n) is 2.76. The number of hydrogen-bond acceptors (Lipinski definition) is 4. The smallest absolute Gasteiger partial charge is 0.435 e. The van der Waals surface area contributed by atoms with Crippen LogP contribution in [0.4, 0.5) is 9.18 Å². The van der Waals surface area contributed by atoms with Gasteiger partial charge in [-0.05, 0) is 38.5 Å². The molecule has 2 rings (SSSR count). The summed E-state index contributed by atoms with van der Waals surface area (Å²) in [6.45, 7) is 5.21. The summed E-state index contributed by atoms with van der Waals surface area (Å²) in [5.74, 6) is -0.627. The quantitative estimate of drug-likeness (QED) is 0.916. The van der Waals surface area contributed by atoms with E-state index in [4.69, 9.17) is 16.3 Å². The summed E-state index contributed by atoms with van der Waals surface area (Å²) in [4.78, 5) is 11.9. The second-order valence-corrected chi connectivity index (χ2v) is 6.18. The van der Waals surface area contributed by atoms with Gasteiger partial charge in [0.05, 0.1) is 11.2 Å². The van der Waals surface area contributed by atoms with Gasteiger partial charge in [0, 0.05) is 11.8 Å². The minimum absolute atomic E-state index is 0.0274. The second kappa shape index (κ2) is 6.06. The molecule has 1 unspecified atom stereocenters. The van der Waals surface area contributed by atoms with Gasteiger partial charge in [0.15, 0.2) is 0 Å². The largest absolute Gasteiger partial charge is 0.442 e. The van der Waals surface area contributed by atoms with E-state index in [2.05, 4.69) is 5.10 Å². The van der Waals surface area contributed by atoms with Crippen molar-refractivity contribution in [3.63, 3.8) is 0 Å². The Morgan fingerprint density at radius 3 is 2.68 bits per heavy atom. The Kier molecular flexibility index (Phi) is 4.53. The van der Waals surface area contributed by atoms with Gasteiger partial charge in [0.1, 0.15) is 17.5 Å². The van der Waals surface area contributed by atoms with Gasteiger partial charge in [-0.3, -0.25) is 0 Å². The van der Waals surface area contributed by atoms with E-state index in [9.17, 15) is 14.3 Å². The lowest BCUT2D eigenvalue weighted by atomic mass is 10.0. The average Bonchev–Trinajstić information content (AvgIpc) is 2.89. The summed E-state index contributed by atoms with van der Waals surface area (Å²) < 4.78 is 19.6. The van der Waals surface area contributed by atoms with Gasteiger partial charge >= 0.3 is 6.09 Å². The normalized spacial score (nSPS) is 13.0. The molecule has 1 N–H and O–H groups in total. The van der Waals surface area contributed by atoms with Crippen LogP contribution in [0, 0.1) is 5.82 Å². The first-order valence-electron chi connectivity index (χ1n) is 6.58. The molecular formula is C15H16ClFN2O3. The molecule has 1 atom stereocenters. The molecule has 1 aromatic carbocycles. The molecular weight excluding hydrogens is 311 g/mol. The van der Waals surface area contributed by atoms with Gasteiger partial charge in [0.25, 0.3) is 0 Å². The fourth-order valence-corrected chi connectivity index (χ4v) is 1.88. The van der Waals surface area contributed by atoms with Crippen molar-refractivity contribution in [1.29, 1.82) is 0 Å². The first-order valence-corrected chi connectivity index (χ1v) is 6.96. The molecule has 0 saturated heterocycles. The van der Waals surface area contributed by atoms with Crippen LogP contribution in [0.1, 0.15) is 38.0 Å². The van der Waals surface area contributed by atoms with Crippen molar-refractivity contribution in [2.45, 2.75) is 32.5 Å². The third-order valence-corrected chi connectivity index (χ3v) is 3.06. The Hall–Kier alpha value is -1.92. The van der Waals surface area contributed by atoms with Crippen molar-refractivity contribution < 1.29 is 19.0 Å². The first-order chi connectivity index (χ1) is 10.2. The predicted molar refractivity (Wildman–Crippen MR) is 79.3 cm³/mol. The van der Waals surface area contributed by atoms with Crippen molar-refractivity contribution >= 4 is 17.7 Å². The van der Waals surface area contributed by atoms with Crippen LogP contribution >= 0.6 is 11.6 Å². The molecule has 2 aromatic rings. The van der Waals surface area contributed by atoms with E-state index in [1.54, 1.807) is 20.8 Å². The highest BCUT2D eigenvalue weighted by Crippen LogP contribution is 2.25. The summed E-state index contributed by atoms with van der Waals surface area (Å²) in [6.07, 6.45) is 0.878. The maximum absolute atomic E-state index is 13.4. The lowest BCUT2D eigenvalue weighted by molar-refractivity contribution is 0.0514. The highest BCUT2D eigenvalue weighted by molar-refractivity contribution is 6.30. The summed E-state index contributed by atoms with van der Waals surface area (Å²) >= 11 is 5.60. The molecule has 118 valence electrons. The minimum Gasteiger partial charge on any atom is -0.442 e. The zero-order chi connectivity index (χ0) is 16.5. The highest BCUT2D eigenvalue weighted by Gasteiger charge is 2.20. The van der Waals surface area contributed by atoms with Crippen molar-refractivity contribution in [2.75, 3.05) is 0 Å². The van der Waals surface area contributed by atoms with E-state index in [1.165, 1.54) is 24.5 Å². The molecule has 7 heteroatoms. The Bertz CT molecular complexity index is 694. The van der Waals surface area contributed by atoms with E-state index >= 15 is 0 Å². The van der Waals surface area contributed by atoms with E-state index in [0.29, 0.717) is 11.1 Å². The third kappa shape index (κ3) is 3.84. The first kappa shape index (κ1) is 16.5. The summed E-state index contributed by atoms with van der Waals surface area (Å²) in [6, 6.07) is 3.99. The number of aliphatic hydroxyl groups is 1. The number of nitrogens with zero attached hydrogens (tertiary/aromatic N) is 2. The summed E-state index contributed by atoms with van der Waals surface area (Å²) in [5, 5.41) is 14.0. The lowest BCUT2D eigenvalue weighted by Gasteiger charge is -2.18. The van der Waals surface area contributed by atoms with Gasteiger partial charge < -0.3 is 9.84 Å². The number of hydrogen-bond donors (Lipinski definition) is 1. The fourth-order valence-electron chi connectivity index (χ4n) is 1.76. The lowest BCUT2D eigenvalue weighted by Crippen LogP contribution is -2.27. The van der Waals surface area contributed by atoms with Gasteiger partial charge in [-0.15, -0.1) is 0 Å². The Labute approximate surface area is 132 Å². The van der Waals surface area contributed by atoms with Crippen LogP contribution in [0.15, 0.2) is 30.6 Å². The number of carbonyl (C=O) groups is 1. The fraction of sp³-hybridized carbons (Fsp3) is 0.333. The molecule has 22 heavy (non-hydrogen) atoms. The molecule has 5 nitrogen and oxygen atoms in total. The number of aliphatic hydroxyl groups excluding tert-OH is 1. The second-order valence-electron chi connectivity index (χ2n) is 5.77. The summed E-state index contributed by atoms with van der Waals surface area (Å²) in [5.41, 5.74) is -0.000536. The van der Waals surface area contributed by atoms with Crippen molar-refractivity contribution in [2.24, 2.45) is 0 Å². The number of ether oxygens (including phenoxy) is 1. The number of carbonyl (C=O) groups excluding carboxylic acids is 1. The summed E-state index contributed by atoms with van der Waals surface area (Å²) in [7, 11) is 0. The zero-order valence-corrected chi connectivity index (χ0v) is 13.1. The maximum Gasteiger partial charge on any atom is 0.435 e. The molecule has 0 spiro atoms. The molecule has 0 saturated carbocycles. The zero-order valence-electron chi connectivity index (χ0n) is 12.4. The molecule has 1 aromatic heterocycles. The molecule has 0 aliphatic carbocycles. The van der Waals surface area contributed by atoms with Gasteiger partial charge in [-0.2, -0.15) is 9.78 Å². The SMILES string of the molecule is CC(C)(C)OC(=O)n1cc(C(O)c2ccc(Cl)c(F)c2)cn1. The van der Waals surface area contributed by atoms with Crippen LogP contribution in [0.3, 0.4) is 0 Å². The number of rotatable bonds is 2. The van der Waals surface area contributed by atoms with Gasteiger partial charge in [-0.1, -0.05) is 17.7 Å². The molecule has 0 radical (unpaired) electrons. The topological polar surface area (TPSA) is 64.3 Å². The molecule has 0 aliphatic rings. The van der Waals surface area contributed by atoms with Gasteiger partial charge in [0.2, 0.25) is 0 Å². The predicted octanol–water partition coefficient (Wildman–Crippen LogP) is 3.54. The number of aromatic nitrogens is 2. The highest BCUT2D eigenvalue weighted by atomic mass is 35.5. The standard InChI is InChI=1S/C15H16ClFN2O3/c1-15(2,3)22-14(21)19-8-10(7-18-19)13(20)9-4-5-11(16)12(17)6-9/h4-8,13,20H,1-3H3. The molecule has 0 aliphatic heterocycles. The van der Waals surface area contributed by atoms with E-state index in [0.717, 1.165) is 10.7 Å². The van der Waals surface area contributed by atoms with Crippen LogP contribution < -0.4 is 0 Å².